The van der Waals surface area contributed by atoms with Crippen LogP contribution < -0.4 is 0 Å². The predicted molar refractivity (Wildman–Crippen MR) is 49.6 cm³/mol. The van der Waals surface area contributed by atoms with E-state index in [1.807, 2.05) is 0 Å². The van der Waals surface area contributed by atoms with Crippen molar-refractivity contribution in [1.29, 1.82) is 5.26 Å². The predicted octanol–water partition coefficient (Wildman–Crippen LogP) is 1.71. The highest BCUT2D eigenvalue weighted by atomic mass is 19.1. The number of hydrogen-bond acceptors (Lipinski definition) is 3. The Kier molecular flexibility index (Phi) is 2.25. The highest BCUT2D eigenvalue weighted by Gasteiger charge is 2.27. The fourth-order valence-corrected chi connectivity index (χ4v) is 1.84. The molecule has 0 spiro atoms. The number of aliphatic hydroxyl groups excluding tert-OH is 1. The third kappa shape index (κ3) is 1.51. The molecule has 1 aliphatic carbocycles. The average Bonchev–Trinajstić information content (AvgIpc) is 2.22. The summed E-state index contributed by atoms with van der Waals surface area (Å²) in [7, 11) is 0. The van der Waals surface area contributed by atoms with Crippen molar-refractivity contribution in [1.82, 2.24) is 0 Å². The van der Waals surface area contributed by atoms with Crippen molar-refractivity contribution in [2.24, 2.45) is 0 Å². The van der Waals surface area contributed by atoms with Crippen LogP contribution in [-0.4, -0.2) is 10.9 Å². The molecule has 1 atom stereocenters. The van der Waals surface area contributed by atoms with Crippen LogP contribution in [0.1, 0.15) is 40.4 Å². The summed E-state index contributed by atoms with van der Waals surface area (Å²) in [6.07, 6.45) is -0.352. The number of nitrogens with zero attached hydrogens (tertiary/aromatic N) is 1. The first-order valence-corrected chi connectivity index (χ1v) is 4.58. The molecule has 0 fully saturated rings. The van der Waals surface area contributed by atoms with Crippen molar-refractivity contribution in [2.45, 2.75) is 18.9 Å². The van der Waals surface area contributed by atoms with E-state index >= 15 is 0 Å². The quantitative estimate of drug-likeness (QED) is 0.701. The van der Waals surface area contributed by atoms with Crippen molar-refractivity contribution in [3.8, 4) is 6.07 Å². The van der Waals surface area contributed by atoms with Crippen molar-refractivity contribution in [2.75, 3.05) is 0 Å². The molecule has 4 heteroatoms. The molecule has 1 aliphatic rings. The molecule has 0 unspecified atom stereocenters. The molecule has 1 aromatic rings. The third-order valence-corrected chi connectivity index (χ3v) is 2.54. The van der Waals surface area contributed by atoms with Crippen molar-refractivity contribution in [3.63, 3.8) is 0 Å². The largest absolute Gasteiger partial charge is 0.388 e. The molecule has 0 aromatic heterocycles. The lowest BCUT2D eigenvalue weighted by Crippen LogP contribution is -2.17. The summed E-state index contributed by atoms with van der Waals surface area (Å²) in [5.41, 5.74) is 0.425. The first-order valence-electron chi connectivity index (χ1n) is 4.58. The molecule has 1 N–H and O–H groups in total. The minimum absolute atomic E-state index is 0.00810. The second-order valence-electron chi connectivity index (χ2n) is 3.51. The Bertz CT molecular complexity index is 476. The smallest absolute Gasteiger partial charge is 0.164 e. The van der Waals surface area contributed by atoms with Gasteiger partial charge in [0.15, 0.2) is 5.78 Å². The van der Waals surface area contributed by atoms with Crippen LogP contribution in [0.25, 0.3) is 0 Å². The Balaban J connectivity index is 2.72. The number of fused-ring (bicyclic) bond motifs is 1. The van der Waals surface area contributed by atoms with Crippen molar-refractivity contribution in [3.05, 3.63) is 34.6 Å². The van der Waals surface area contributed by atoms with Gasteiger partial charge in [-0.05, 0) is 24.1 Å². The molecule has 0 bridgehead atoms. The molecule has 3 nitrogen and oxygen atoms in total. The zero-order chi connectivity index (χ0) is 11.0. The fourth-order valence-electron chi connectivity index (χ4n) is 1.84. The van der Waals surface area contributed by atoms with Gasteiger partial charge in [-0.1, -0.05) is 0 Å². The maximum Gasteiger partial charge on any atom is 0.164 e. The molecule has 1 aromatic carbocycles. The maximum absolute atomic E-state index is 13.1. The van der Waals surface area contributed by atoms with E-state index in [9.17, 15) is 14.3 Å². The van der Waals surface area contributed by atoms with Crippen LogP contribution in [0.5, 0.6) is 0 Å². The molecule has 2 rings (SSSR count). The Labute approximate surface area is 85.8 Å². The molecular weight excluding hydrogens is 197 g/mol. The van der Waals surface area contributed by atoms with E-state index in [0.29, 0.717) is 6.42 Å². The summed E-state index contributed by atoms with van der Waals surface area (Å²) in [6.45, 7) is 0. The molecule has 15 heavy (non-hydrogen) atoms. The van der Waals surface area contributed by atoms with E-state index < -0.39 is 11.9 Å². The summed E-state index contributed by atoms with van der Waals surface area (Å²) in [6, 6.07) is 3.92. The van der Waals surface area contributed by atoms with Crippen LogP contribution in [0.15, 0.2) is 12.1 Å². The summed E-state index contributed by atoms with van der Waals surface area (Å²) in [5, 5.41) is 18.4. The van der Waals surface area contributed by atoms with Crippen LogP contribution in [0.4, 0.5) is 4.39 Å². The van der Waals surface area contributed by atoms with Gasteiger partial charge in [-0.25, -0.2) is 4.39 Å². The Morgan fingerprint density at radius 1 is 1.53 bits per heavy atom. The molecule has 0 amide bonds. The van der Waals surface area contributed by atoms with Gasteiger partial charge in [0.05, 0.1) is 17.7 Å². The second-order valence-corrected chi connectivity index (χ2v) is 3.51. The number of carbonyl (C=O) groups excluding carboxylic acids is 1. The second kappa shape index (κ2) is 3.44. The molecular formula is C11H8FNO2. The van der Waals surface area contributed by atoms with Crippen LogP contribution in [0.3, 0.4) is 0 Å². The number of nitriles is 1. The number of rotatable bonds is 0. The zero-order valence-electron chi connectivity index (χ0n) is 7.83. The maximum atomic E-state index is 13.1. The van der Waals surface area contributed by atoms with E-state index in [1.165, 1.54) is 0 Å². The van der Waals surface area contributed by atoms with Gasteiger partial charge in [0.2, 0.25) is 0 Å². The van der Waals surface area contributed by atoms with E-state index in [4.69, 9.17) is 5.26 Å². The van der Waals surface area contributed by atoms with E-state index in [0.717, 1.165) is 12.1 Å². The number of aliphatic hydroxyl groups is 1. The van der Waals surface area contributed by atoms with Crippen molar-refractivity contribution >= 4 is 5.78 Å². The topological polar surface area (TPSA) is 61.1 Å². The number of Topliss-reactive ketones (excluding diaryl/α,β-unsaturated/α-hetero) is 1. The van der Waals surface area contributed by atoms with E-state index in [-0.39, 0.29) is 28.9 Å². The van der Waals surface area contributed by atoms with Crippen molar-refractivity contribution < 1.29 is 14.3 Å². The van der Waals surface area contributed by atoms with Gasteiger partial charge in [0.1, 0.15) is 5.82 Å². The number of benzene rings is 1. The molecule has 0 radical (unpaired) electrons. The number of ketones is 1. The Morgan fingerprint density at radius 3 is 2.93 bits per heavy atom. The summed E-state index contributed by atoms with van der Waals surface area (Å²) >= 11 is 0. The van der Waals surface area contributed by atoms with E-state index in [2.05, 4.69) is 0 Å². The van der Waals surface area contributed by atoms with Crippen LogP contribution in [-0.2, 0) is 0 Å². The summed E-state index contributed by atoms with van der Waals surface area (Å²) in [5.74, 6) is -0.800. The summed E-state index contributed by atoms with van der Waals surface area (Å²) in [4.78, 5) is 11.5. The number of halogens is 1. The SMILES string of the molecule is N#Cc1cc(F)cc2c1C(=O)CC[C@H]2O. The number of hydrogen-bond donors (Lipinski definition) is 1. The first kappa shape index (κ1) is 9.81. The van der Waals surface area contributed by atoms with Crippen LogP contribution >= 0.6 is 0 Å². The Morgan fingerprint density at radius 2 is 2.27 bits per heavy atom. The lowest BCUT2D eigenvalue weighted by atomic mass is 9.85. The van der Waals surface area contributed by atoms with Gasteiger partial charge >= 0.3 is 0 Å². The normalized spacial score (nSPS) is 19.5. The molecule has 0 saturated carbocycles. The van der Waals surface area contributed by atoms with Crippen LogP contribution in [0, 0.1) is 17.1 Å². The lowest BCUT2D eigenvalue weighted by molar-refractivity contribution is 0.0896. The highest BCUT2D eigenvalue weighted by molar-refractivity contribution is 6.00. The van der Waals surface area contributed by atoms with E-state index in [1.54, 1.807) is 6.07 Å². The van der Waals surface area contributed by atoms with Gasteiger partial charge in [-0.15, -0.1) is 0 Å². The highest BCUT2D eigenvalue weighted by Crippen LogP contribution is 2.32. The minimum atomic E-state index is -0.847. The number of carbonyl (C=O) groups is 1. The lowest BCUT2D eigenvalue weighted by Gasteiger charge is -2.20. The molecule has 0 saturated heterocycles. The molecule has 0 heterocycles. The van der Waals surface area contributed by atoms with Gasteiger partial charge in [0, 0.05) is 12.0 Å². The third-order valence-electron chi connectivity index (χ3n) is 2.54. The molecule has 0 aliphatic heterocycles. The first-order chi connectivity index (χ1) is 7.13. The van der Waals surface area contributed by atoms with Gasteiger partial charge in [0.25, 0.3) is 0 Å². The Hall–Kier alpha value is -1.73. The van der Waals surface area contributed by atoms with Gasteiger partial charge < -0.3 is 5.11 Å². The van der Waals surface area contributed by atoms with Gasteiger partial charge in [-0.3, -0.25) is 4.79 Å². The molecule has 76 valence electrons. The minimum Gasteiger partial charge on any atom is -0.388 e. The average molecular weight is 205 g/mol. The fraction of sp³-hybridized carbons (Fsp3) is 0.273. The van der Waals surface area contributed by atoms with Crippen LogP contribution in [0.2, 0.25) is 0 Å². The standard InChI is InChI=1S/C11H8FNO2/c12-7-3-6(5-13)11-8(4-7)9(14)1-2-10(11)15/h3-4,9,14H,1-2H2/t9-/m1/s1. The zero-order valence-corrected chi connectivity index (χ0v) is 7.83. The summed E-state index contributed by atoms with van der Waals surface area (Å²) < 4.78 is 13.1. The monoisotopic (exact) mass is 205 g/mol. The van der Waals surface area contributed by atoms with Gasteiger partial charge in [-0.2, -0.15) is 5.26 Å².